The summed E-state index contributed by atoms with van der Waals surface area (Å²) in [6.07, 6.45) is 12.1. The highest BCUT2D eigenvalue weighted by molar-refractivity contribution is 6.31. The molecular formula is C24H28ClNO2. The van der Waals surface area contributed by atoms with Crippen molar-refractivity contribution in [2.45, 2.75) is 56.3 Å². The van der Waals surface area contributed by atoms with Crippen molar-refractivity contribution in [3.05, 3.63) is 59.7 Å². The molecule has 5 aliphatic carbocycles. The molecule has 3 unspecified atom stereocenters. The van der Waals surface area contributed by atoms with Crippen LogP contribution in [-0.2, 0) is 0 Å². The van der Waals surface area contributed by atoms with Crippen LogP contribution >= 0.6 is 11.6 Å². The van der Waals surface area contributed by atoms with E-state index < -0.39 is 0 Å². The van der Waals surface area contributed by atoms with Crippen molar-refractivity contribution in [3.63, 3.8) is 0 Å². The van der Waals surface area contributed by atoms with Gasteiger partial charge in [-0.3, -0.25) is 0 Å². The lowest BCUT2D eigenvalue weighted by Crippen LogP contribution is -2.60. The first kappa shape index (κ1) is 18.3. The topological polar surface area (TPSA) is 41.5 Å². The number of halogens is 1. The Hall–Kier alpha value is -1.71. The number of hydrogen-bond donors (Lipinski definition) is 2. The molecule has 4 bridgehead atoms. The number of aliphatic hydroxyl groups is 1. The van der Waals surface area contributed by atoms with Gasteiger partial charge in [-0.1, -0.05) is 24.3 Å². The Balaban J connectivity index is 1.21. The van der Waals surface area contributed by atoms with Crippen LogP contribution in [-0.4, -0.2) is 22.9 Å². The second-order valence-electron chi connectivity index (χ2n) is 9.21. The summed E-state index contributed by atoms with van der Waals surface area (Å²) in [5.41, 5.74) is 1.69. The second kappa shape index (κ2) is 6.96. The van der Waals surface area contributed by atoms with Crippen LogP contribution in [0.4, 0.5) is 0 Å². The maximum Gasteiger partial charge on any atom is 0.121 e. The largest absolute Gasteiger partial charge is 0.486 e. The summed E-state index contributed by atoms with van der Waals surface area (Å²) in [5.74, 6) is 2.74. The van der Waals surface area contributed by atoms with Crippen molar-refractivity contribution < 1.29 is 9.84 Å². The van der Waals surface area contributed by atoms with E-state index in [4.69, 9.17) is 16.3 Å². The zero-order chi connectivity index (χ0) is 19.3. The molecule has 3 atom stereocenters. The van der Waals surface area contributed by atoms with Gasteiger partial charge in [-0.25, -0.2) is 0 Å². The van der Waals surface area contributed by atoms with Gasteiger partial charge < -0.3 is 15.2 Å². The van der Waals surface area contributed by atoms with Crippen LogP contribution in [0, 0.1) is 17.8 Å². The van der Waals surface area contributed by atoms with Crippen LogP contribution in [0.3, 0.4) is 0 Å². The number of allylic oxidation sites excluding steroid dienone is 2. The third-order valence-electron chi connectivity index (χ3n) is 7.09. The average molecular weight is 398 g/mol. The van der Waals surface area contributed by atoms with Gasteiger partial charge in [0, 0.05) is 23.2 Å². The molecule has 0 saturated heterocycles. The average Bonchev–Trinajstić information content (AvgIpc) is 2.66. The first-order valence-corrected chi connectivity index (χ1v) is 10.8. The summed E-state index contributed by atoms with van der Waals surface area (Å²) in [4.78, 5) is 0. The van der Waals surface area contributed by atoms with Crippen LogP contribution < -0.4 is 10.1 Å². The summed E-state index contributed by atoms with van der Waals surface area (Å²) in [6.45, 7) is 4.30. The fourth-order valence-corrected chi connectivity index (χ4v) is 6.23. The van der Waals surface area contributed by atoms with Crippen LogP contribution in [0.5, 0.6) is 5.75 Å². The molecule has 6 rings (SSSR count). The lowest BCUT2D eigenvalue weighted by Gasteiger charge is -2.58. The maximum atomic E-state index is 10.8. The van der Waals surface area contributed by atoms with Gasteiger partial charge in [0.25, 0.3) is 0 Å². The van der Waals surface area contributed by atoms with E-state index >= 15 is 0 Å². The summed E-state index contributed by atoms with van der Waals surface area (Å²) in [5, 5.41) is 15.3. The zero-order valence-corrected chi connectivity index (χ0v) is 16.9. The van der Waals surface area contributed by atoms with Gasteiger partial charge in [0.15, 0.2) is 0 Å². The van der Waals surface area contributed by atoms with Gasteiger partial charge in [-0.2, -0.15) is 0 Å². The molecule has 5 aliphatic rings. The molecule has 0 aliphatic heterocycles. The number of ether oxygens (including phenoxy) is 1. The molecule has 3 nitrogen and oxygen atoms in total. The number of rotatable bonds is 5. The number of hydrogen-bond acceptors (Lipinski definition) is 3. The molecule has 4 heteroatoms. The Kier molecular flexibility index (Phi) is 4.56. The van der Waals surface area contributed by atoms with Crippen LogP contribution in [0.1, 0.15) is 44.1 Å². The Morgan fingerprint density at radius 3 is 2.46 bits per heavy atom. The minimum Gasteiger partial charge on any atom is -0.486 e. The smallest absolute Gasteiger partial charge is 0.121 e. The normalized spacial score (nSPS) is 38.2. The van der Waals surface area contributed by atoms with Crippen molar-refractivity contribution in [1.82, 2.24) is 5.32 Å². The van der Waals surface area contributed by atoms with Crippen molar-refractivity contribution >= 4 is 17.3 Å². The molecular weight excluding hydrogens is 370 g/mol. The van der Waals surface area contributed by atoms with Gasteiger partial charge in [0.05, 0.1) is 5.60 Å². The molecule has 1 aromatic carbocycles. The van der Waals surface area contributed by atoms with Crippen molar-refractivity contribution in [1.29, 1.82) is 0 Å². The van der Waals surface area contributed by atoms with Crippen molar-refractivity contribution in [2.75, 3.05) is 0 Å². The standard InChI is InChI=1S/C24H28ClNO2/c1-15(26-23-18-10-16-11-19(23)14-24(27,12-16)13-18)17-2-6-21(7-3-17)28-22-8-4-20(25)5-9-22/h2-8,16,18-19,22-23,26-27H,1,9-14H2. The van der Waals surface area contributed by atoms with Crippen LogP contribution in [0.2, 0.25) is 0 Å². The highest BCUT2D eigenvalue weighted by atomic mass is 35.5. The highest BCUT2D eigenvalue weighted by Gasteiger charge is 2.54. The lowest BCUT2D eigenvalue weighted by molar-refractivity contribution is -0.136. The second-order valence-corrected chi connectivity index (χ2v) is 9.64. The third-order valence-corrected chi connectivity index (χ3v) is 7.37. The van der Waals surface area contributed by atoms with E-state index in [0.717, 1.165) is 53.6 Å². The van der Waals surface area contributed by atoms with Gasteiger partial charge in [-0.05, 0) is 91.8 Å². The monoisotopic (exact) mass is 397 g/mol. The minimum atomic E-state index is -0.387. The van der Waals surface area contributed by atoms with Crippen LogP contribution in [0.15, 0.2) is 54.1 Å². The first-order chi connectivity index (χ1) is 13.5. The Labute approximate surface area is 172 Å². The molecule has 2 N–H and O–H groups in total. The molecule has 28 heavy (non-hydrogen) atoms. The SMILES string of the molecule is C=C(NC1C2CC3CC1CC(O)(C3)C2)c1ccc(OC2C=CC(Cl)=CC2)cc1. The zero-order valence-electron chi connectivity index (χ0n) is 16.1. The fourth-order valence-electron chi connectivity index (χ4n) is 6.07. The lowest BCUT2D eigenvalue weighted by atomic mass is 9.52. The van der Waals surface area contributed by atoms with Crippen LogP contribution in [0.25, 0.3) is 5.70 Å². The van der Waals surface area contributed by atoms with E-state index in [1.54, 1.807) is 0 Å². The van der Waals surface area contributed by atoms with E-state index in [0.29, 0.717) is 17.9 Å². The van der Waals surface area contributed by atoms with E-state index in [1.807, 2.05) is 30.4 Å². The molecule has 0 radical (unpaired) electrons. The van der Waals surface area contributed by atoms with Gasteiger partial charge in [0.1, 0.15) is 11.9 Å². The fraction of sp³-hybridized carbons (Fsp3) is 0.500. The van der Waals surface area contributed by atoms with Gasteiger partial charge >= 0.3 is 0 Å². The third kappa shape index (κ3) is 3.51. The summed E-state index contributed by atoms with van der Waals surface area (Å²) < 4.78 is 6.01. The number of nitrogens with one attached hydrogen (secondary N) is 1. The van der Waals surface area contributed by atoms with Crippen molar-refractivity contribution in [3.8, 4) is 5.75 Å². The predicted octanol–water partition coefficient (Wildman–Crippen LogP) is 5.02. The quantitative estimate of drug-likeness (QED) is 0.733. The van der Waals surface area contributed by atoms with Gasteiger partial charge in [-0.15, -0.1) is 0 Å². The molecule has 0 aromatic heterocycles. The van der Waals surface area contributed by atoms with E-state index in [1.165, 1.54) is 12.8 Å². The molecule has 1 aromatic rings. The van der Waals surface area contributed by atoms with E-state index in [2.05, 4.69) is 24.0 Å². The molecule has 0 amide bonds. The molecule has 148 valence electrons. The predicted molar refractivity (Wildman–Crippen MR) is 113 cm³/mol. The summed E-state index contributed by atoms with van der Waals surface area (Å²) in [6, 6.07) is 8.61. The molecule has 4 fully saturated rings. The maximum absolute atomic E-state index is 10.8. The highest BCUT2D eigenvalue weighted by Crippen LogP contribution is 2.55. The van der Waals surface area contributed by atoms with E-state index in [9.17, 15) is 5.11 Å². The van der Waals surface area contributed by atoms with E-state index in [-0.39, 0.29) is 11.7 Å². The summed E-state index contributed by atoms with van der Waals surface area (Å²) in [7, 11) is 0. The Morgan fingerprint density at radius 2 is 1.86 bits per heavy atom. The molecule has 0 spiro atoms. The number of benzene rings is 1. The first-order valence-electron chi connectivity index (χ1n) is 10.5. The molecule has 0 heterocycles. The van der Waals surface area contributed by atoms with Crippen molar-refractivity contribution in [2.24, 2.45) is 17.8 Å². The minimum absolute atomic E-state index is 0.0357. The molecule has 4 saturated carbocycles. The van der Waals surface area contributed by atoms with Gasteiger partial charge in [0.2, 0.25) is 0 Å². The summed E-state index contributed by atoms with van der Waals surface area (Å²) >= 11 is 5.96. The Morgan fingerprint density at radius 1 is 1.14 bits per heavy atom. The Bertz CT molecular complexity index is 812.